The normalized spacial score (nSPS) is 10.9. The Bertz CT molecular complexity index is 574. The smallest absolute Gasteiger partial charge is 0.303 e. The number of rotatable bonds is 9. The van der Waals surface area contributed by atoms with Gasteiger partial charge in [0.15, 0.2) is 0 Å². The maximum Gasteiger partial charge on any atom is 0.391 e. The molecule has 0 aliphatic carbocycles. The number of anilines is 2. The first-order valence-corrected chi connectivity index (χ1v) is 8.69. The van der Waals surface area contributed by atoms with Gasteiger partial charge in [-0.05, 0) is 30.7 Å². The van der Waals surface area contributed by atoms with Crippen LogP contribution < -0.4 is 10.2 Å². The van der Waals surface area contributed by atoms with E-state index >= 15 is 0 Å². The Morgan fingerprint density at radius 3 is 1.86 bits per heavy atom. The van der Waals surface area contributed by atoms with E-state index in [9.17, 15) is 9.36 Å². The van der Waals surface area contributed by atoms with Gasteiger partial charge in [-0.25, -0.2) is 4.57 Å². The van der Waals surface area contributed by atoms with Crippen LogP contribution in [0.3, 0.4) is 0 Å². The summed E-state index contributed by atoms with van der Waals surface area (Å²) < 4.78 is 18.5. The maximum atomic E-state index is 13.0. The minimum absolute atomic E-state index is 0.232. The van der Waals surface area contributed by atoms with Crippen molar-refractivity contribution in [2.75, 3.05) is 16.8 Å². The zero-order chi connectivity index (χ0) is 15.7. The number of hydrogen-bond acceptors (Lipinski definition) is 3. The highest BCUT2D eigenvalue weighted by atomic mass is 31.2. The predicted octanol–water partition coefficient (Wildman–Crippen LogP) is 4.31. The van der Waals surface area contributed by atoms with E-state index in [1.165, 1.54) is 0 Å². The third-order valence-corrected chi connectivity index (χ3v) is 4.49. The van der Waals surface area contributed by atoms with Gasteiger partial charge in [-0.1, -0.05) is 36.4 Å². The van der Waals surface area contributed by atoms with Gasteiger partial charge in [0.25, 0.3) is 0 Å². The van der Waals surface area contributed by atoms with Gasteiger partial charge >= 0.3 is 7.67 Å². The average molecular weight is 318 g/mol. The number of hydrogen-bond donors (Lipinski definition) is 2. The van der Waals surface area contributed by atoms with E-state index in [1.807, 2.05) is 60.7 Å². The van der Waals surface area contributed by atoms with Gasteiger partial charge in [0.1, 0.15) is 6.29 Å². The van der Waals surface area contributed by atoms with Crippen molar-refractivity contribution >= 4 is 25.3 Å². The van der Waals surface area contributed by atoms with Crippen molar-refractivity contribution in [2.24, 2.45) is 0 Å². The molecule has 116 valence electrons. The molecular weight excluding hydrogens is 299 g/mol. The molecule has 6 heteroatoms. The van der Waals surface area contributed by atoms with E-state index in [2.05, 4.69) is 10.2 Å². The number of aldehydes is 1. The molecule has 2 aromatic carbocycles. The molecule has 0 saturated heterocycles. The average Bonchev–Trinajstić information content (AvgIpc) is 2.53. The molecule has 0 heterocycles. The lowest BCUT2D eigenvalue weighted by Gasteiger charge is -2.22. The Kier molecular flexibility index (Phi) is 6.19. The first kappa shape index (κ1) is 16.3. The van der Waals surface area contributed by atoms with Gasteiger partial charge in [-0.3, -0.25) is 14.7 Å². The summed E-state index contributed by atoms with van der Waals surface area (Å²) in [5.41, 5.74) is 1.40. The number of benzene rings is 2. The molecule has 0 amide bonds. The Hall–Kier alpha value is -2.10. The second kappa shape index (κ2) is 8.37. The summed E-state index contributed by atoms with van der Waals surface area (Å²) in [6.45, 7) is 0.232. The minimum Gasteiger partial charge on any atom is -0.303 e. The number of nitrogens with one attached hydrogen (secondary N) is 2. The third kappa shape index (κ3) is 5.35. The Balaban J connectivity index is 2.08. The summed E-state index contributed by atoms with van der Waals surface area (Å²) in [6.07, 6.45) is 1.74. The van der Waals surface area contributed by atoms with Crippen molar-refractivity contribution in [2.45, 2.75) is 12.8 Å². The highest BCUT2D eigenvalue weighted by Gasteiger charge is 2.23. The molecule has 0 bridgehead atoms. The standard InChI is InChI=1S/C16H19N2O3P/c19-13-7-8-14-21-22(20,17-15-9-3-1-4-10-15)18-16-11-5-2-6-12-16/h1-6,9-13H,7-8,14H2,(H2,17,18,20). The predicted molar refractivity (Wildman–Crippen MR) is 89.0 cm³/mol. The summed E-state index contributed by atoms with van der Waals surface area (Å²) in [4.78, 5) is 10.4. The summed E-state index contributed by atoms with van der Waals surface area (Å²) in [7, 11) is -3.32. The monoisotopic (exact) mass is 318 g/mol. The van der Waals surface area contributed by atoms with E-state index in [0.29, 0.717) is 24.2 Å². The van der Waals surface area contributed by atoms with Crippen LogP contribution in [0.4, 0.5) is 11.4 Å². The molecule has 2 N–H and O–H groups in total. The maximum absolute atomic E-state index is 13.0. The lowest BCUT2D eigenvalue weighted by molar-refractivity contribution is -0.108. The van der Waals surface area contributed by atoms with Crippen LogP contribution in [0.1, 0.15) is 12.8 Å². The highest BCUT2D eigenvalue weighted by Crippen LogP contribution is 2.46. The van der Waals surface area contributed by atoms with E-state index < -0.39 is 7.67 Å². The first-order valence-electron chi connectivity index (χ1n) is 7.07. The van der Waals surface area contributed by atoms with Crippen molar-refractivity contribution in [1.82, 2.24) is 0 Å². The lowest BCUT2D eigenvalue weighted by atomic mass is 10.3. The molecule has 0 radical (unpaired) electrons. The van der Waals surface area contributed by atoms with Crippen molar-refractivity contribution in [3.05, 3.63) is 60.7 Å². The number of para-hydroxylation sites is 2. The molecule has 0 fully saturated rings. The van der Waals surface area contributed by atoms with Crippen LogP contribution in [-0.2, 0) is 13.9 Å². The highest BCUT2D eigenvalue weighted by molar-refractivity contribution is 7.62. The molecule has 22 heavy (non-hydrogen) atoms. The first-order chi connectivity index (χ1) is 10.7. The molecule has 0 aromatic heterocycles. The van der Waals surface area contributed by atoms with Crippen molar-refractivity contribution in [1.29, 1.82) is 0 Å². The van der Waals surface area contributed by atoms with E-state index in [1.54, 1.807) is 0 Å². The van der Waals surface area contributed by atoms with Gasteiger partial charge in [0.2, 0.25) is 0 Å². The summed E-state index contributed by atoms with van der Waals surface area (Å²) >= 11 is 0. The summed E-state index contributed by atoms with van der Waals surface area (Å²) in [5.74, 6) is 0. The fourth-order valence-corrected chi connectivity index (χ4v) is 3.37. The van der Waals surface area contributed by atoms with Crippen LogP contribution in [0.15, 0.2) is 60.7 Å². The van der Waals surface area contributed by atoms with Crippen molar-refractivity contribution < 1.29 is 13.9 Å². The van der Waals surface area contributed by atoms with E-state index in [-0.39, 0.29) is 6.61 Å². The molecule has 0 aliphatic heterocycles. The zero-order valence-electron chi connectivity index (χ0n) is 12.1. The van der Waals surface area contributed by atoms with Crippen LogP contribution in [0.2, 0.25) is 0 Å². The number of carbonyl (C=O) groups excluding carboxylic acids is 1. The van der Waals surface area contributed by atoms with Gasteiger partial charge in [-0.15, -0.1) is 0 Å². The van der Waals surface area contributed by atoms with Crippen LogP contribution in [0.5, 0.6) is 0 Å². The van der Waals surface area contributed by atoms with E-state index in [4.69, 9.17) is 4.52 Å². The quantitative estimate of drug-likeness (QED) is 0.409. The molecular formula is C16H19N2O3P. The van der Waals surface area contributed by atoms with Crippen molar-refractivity contribution in [3.63, 3.8) is 0 Å². The Labute approximate surface area is 130 Å². The van der Waals surface area contributed by atoms with Crippen molar-refractivity contribution in [3.8, 4) is 0 Å². The van der Waals surface area contributed by atoms with Crippen LogP contribution in [0.25, 0.3) is 0 Å². The topological polar surface area (TPSA) is 67.4 Å². The Morgan fingerprint density at radius 2 is 1.41 bits per heavy atom. The summed E-state index contributed by atoms with van der Waals surface area (Å²) in [6, 6.07) is 18.4. The zero-order valence-corrected chi connectivity index (χ0v) is 13.0. The lowest BCUT2D eigenvalue weighted by Crippen LogP contribution is -2.10. The number of unbranched alkanes of at least 4 members (excludes halogenated alkanes) is 1. The molecule has 0 atom stereocenters. The molecule has 2 rings (SSSR count). The Morgan fingerprint density at radius 1 is 0.909 bits per heavy atom. The van der Waals surface area contributed by atoms with Gasteiger partial charge in [0.05, 0.1) is 6.61 Å². The second-order valence-electron chi connectivity index (χ2n) is 4.65. The van der Waals surface area contributed by atoms with Gasteiger partial charge in [0, 0.05) is 17.8 Å². The molecule has 0 spiro atoms. The largest absolute Gasteiger partial charge is 0.391 e. The molecule has 0 unspecified atom stereocenters. The fourth-order valence-electron chi connectivity index (χ4n) is 1.82. The van der Waals surface area contributed by atoms with Crippen LogP contribution >= 0.6 is 7.67 Å². The van der Waals surface area contributed by atoms with E-state index in [0.717, 1.165) is 6.29 Å². The number of carbonyl (C=O) groups is 1. The molecule has 5 nitrogen and oxygen atoms in total. The molecule has 2 aromatic rings. The van der Waals surface area contributed by atoms with Gasteiger partial charge in [-0.2, -0.15) is 0 Å². The SMILES string of the molecule is O=CCCCOP(=O)(Nc1ccccc1)Nc1ccccc1. The van der Waals surface area contributed by atoms with Gasteiger partial charge < -0.3 is 4.79 Å². The van der Waals surface area contributed by atoms with Crippen LogP contribution in [0, 0.1) is 0 Å². The minimum atomic E-state index is -3.32. The molecule has 0 aliphatic rings. The summed E-state index contributed by atoms with van der Waals surface area (Å²) in [5, 5.41) is 5.83. The third-order valence-electron chi connectivity index (χ3n) is 2.84. The second-order valence-corrected chi connectivity index (χ2v) is 6.46. The van der Waals surface area contributed by atoms with Crippen LogP contribution in [-0.4, -0.2) is 12.9 Å². The molecule has 0 saturated carbocycles. The fraction of sp³-hybridized carbons (Fsp3) is 0.188.